The van der Waals surface area contributed by atoms with Crippen LogP contribution in [-0.2, 0) is 4.79 Å². The molecule has 0 aliphatic carbocycles. The standard InChI is InChI=1S/C9H14N2O/c1-3-5-6-8(9(10)12)11-7-4-2/h4-7H,3H2,1-2H3,(H2,10,12)/b6-5-,7-4-,11-8+. The van der Waals surface area contributed by atoms with Crippen molar-refractivity contribution in [2.75, 3.05) is 0 Å². The number of carbonyl (C=O) groups is 1. The average Bonchev–Trinajstić information content (AvgIpc) is 2.04. The molecule has 66 valence electrons. The van der Waals surface area contributed by atoms with Crippen LogP contribution >= 0.6 is 0 Å². The summed E-state index contributed by atoms with van der Waals surface area (Å²) < 4.78 is 0. The second-order valence-corrected chi connectivity index (χ2v) is 2.17. The molecule has 3 heteroatoms. The van der Waals surface area contributed by atoms with Crippen LogP contribution in [0.2, 0.25) is 0 Å². The smallest absolute Gasteiger partial charge is 0.267 e. The Morgan fingerprint density at radius 1 is 1.58 bits per heavy atom. The van der Waals surface area contributed by atoms with Crippen molar-refractivity contribution >= 4 is 11.6 Å². The normalized spacial score (nSPS) is 13.0. The summed E-state index contributed by atoms with van der Waals surface area (Å²) in [5.41, 5.74) is 5.35. The third kappa shape index (κ3) is 4.44. The van der Waals surface area contributed by atoms with E-state index in [1.54, 1.807) is 18.4 Å². The van der Waals surface area contributed by atoms with E-state index in [0.29, 0.717) is 0 Å². The molecule has 0 fully saturated rings. The lowest BCUT2D eigenvalue weighted by Crippen LogP contribution is -2.20. The maximum absolute atomic E-state index is 10.7. The van der Waals surface area contributed by atoms with Gasteiger partial charge in [0.05, 0.1) is 0 Å². The second kappa shape index (κ2) is 6.34. The zero-order valence-corrected chi connectivity index (χ0v) is 7.45. The predicted octanol–water partition coefficient (Wildman–Crippen LogP) is 1.41. The molecule has 12 heavy (non-hydrogen) atoms. The average molecular weight is 166 g/mol. The van der Waals surface area contributed by atoms with Gasteiger partial charge in [0.15, 0.2) is 0 Å². The molecule has 0 aliphatic heterocycles. The molecule has 0 aliphatic rings. The van der Waals surface area contributed by atoms with Gasteiger partial charge < -0.3 is 5.73 Å². The number of amides is 1. The van der Waals surface area contributed by atoms with Gasteiger partial charge in [0.2, 0.25) is 0 Å². The first-order valence-corrected chi connectivity index (χ1v) is 3.87. The Hall–Kier alpha value is -1.38. The minimum absolute atomic E-state index is 0.287. The Labute approximate surface area is 72.7 Å². The maximum atomic E-state index is 10.7. The molecule has 0 unspecified atom stereocenters. The monoisotopic (exact) mass is 166 g/mol. The van der Waals surface area contributed by atoms with Crippen molar-refractivity contribution in [1.82, 2.24) is 0 Å². The molecule has 0 aromatic heterocycles. The van der Waals surface area contributed by atoms with Crippen molar-refractivity contribution in [2.24, 2.45) is 10.7 Å². The van der Waals surface area contributed by atoms with Gasteiger partial charge in [-0.15, -0.1) is 0 Å². The molecule has 0 saturated heterocycles. The fourth-order valence-corrected chi connectivity index (χ4v) is 0.573. The van der Waals surface area contributed by atoms with Crippen molar-refractivity contribution < 1.29 is 4.79 Å². The molecule has 0 aromatic carbocycles. The van der Waals surface area contributed by atoms with Gasteiger partial charge in [0.1, 0.15) is 5.71 Å². The molecule has 0 rings (SSSR count). The van der Waals surface area contributed by atoms with E-state index in [1.165, 1.54) is 0 Å². The first-order valence-electron chi connectivity index (χ1n) is 3.87. The van der Waals surface area contributed by atoms with E-state index < -0.39 is 5.91 Å². The van der Waals surface area contributed by atoms with Crippen LogP contribution in [0.3, 0.4) is 0 Å². The highest BCUT2D eigenvalue weighted by Gasteiger charge is 1.98. The van der Waals surface area contributed by atoms with Crippen LogP contribution in [0.4, 0.5) is 0 Å². The number of nitrogens with zero attached hydrogens (tertiary/aromatic N) is 1. The Morgan fingerprint density at radius 3 is 2.67 bits per heavy atom. The molecule has 0 spiro atoms. The highest BCUT2D eigenvalue weighted by Crippen LogP contribution is 1.86. The SMILES string of the molecule is C\C=C/N=C(\C=C/CC)C(N)=O. The summed E-state index contributed by atoms with van der Waals surface area (Å²) >= 11 is 0. The number of nitrogens with two attached hydrogens (primary N) is 1. The zero-order valence-electron chi connectivity index (χ0n) is 7.45. The van der Waals surface area contributed by atoms with Crippen molar-refractivity contribution in [2.45, 2.75) is 20.3 Å². The molecule has 3 nitrogen and oxygen atoms in total. The van der Waals surface area contributed by atoms with Crippen molar-refractivity contribution in [1.29, 1.82) is 0 Å². The molecule has 0 heterocycles. The minimum atomic E-state index is -0.502. The fourth-order valence-electron chi connectivity index (χ4n) is 0.573. The lowest BCUT2D eigenvalue weighted by Gasteiger charge is -1.90. The maximum Gasteiger partial charge on any atom is 0.267 e. The first-order chi connectivity index (χ1) is 5.72. The molecular weight excluding hydrogens is 152 g/mol. The fraction of sp³-hybridized carbons (Fsp3) is 0.333. The number of rotatable bonds is 4. The van der Waals surface area contributed by atoms with Gasteiger partial charge in [0.25, 0.3) is 5.91 Å². The van der Waals surface area contributed by atoms with Crippen molar-refractivity contribution in [3.8, 4) is 0 Å². The second-order valence-electron chi connectivity index (χ2n) is 2.17. The van der Waals surface area contributed by atoms with E-state index in [9.17, 15) is 4.79 Å². The van der Waals surface area contributed by atoms with Crippen LogP contribution in [-0.4, -0.2) is 11.6 Å². The third-order valence-corrected chi connectivity index (χ3v) is 1.13. The Balaban J connectivity index is 4.43. The summed E-state index contributed by atoms with van der Waals surface area (Å²) in [4.78, 5) is 14.6. The zero-order chi connectivity index (χ0) is 9.40. The molecule has 2 N–H and O–H groups in total. The van der Waals surface area contributed by atoms with Crippen molar-refractivity contribution in [3.63, 3.8) is 0 Å². The Kier molecular flexibility index (Phi) is 5.61. The van der Waals surface area contributed by atoms with Gasteiger partial charge in [0, 0.05) is 6.20 Å². The summed E-state index contributed by atoms with van der Waals surface area (Å²) in [6.45, 7) is 3.80. The first kappa shape index (κ1) is 10.6. The van der Waals surface area contributed by atoms with Gasteiger partial charge in [-0.05, 0) is 19.4 Å². The van der Waals surface area contributed by atoms with Crippen LogP contribution in [0.5, 0.6) is 0 Å². The van der Waals surface area contributed by atoms with E-state index in [1.807, 2.05) is 19.9 Å². The largest absolute Gasteiger partial charge is 0.364 e. The van der Waals surface area contributed by atoms with E-state index in [2.05, 4.69) is 4.99 Å². The number of primary amides is 1. The molecule has 0 atom stereocenters. The van der Waals surface area contributed by atoms with E-state index >= 15 is 0 Å². The predicted molar refractivity (Wildman–Crippen MR) is 50.9 cm³/mol. The molecular formula is C9H14N2O. The van der Waals surface area contributed by atoms with Gasteiger partial charge in [-0.1, -0.05) is 19.1 Å². The van der Waals surface area contributed by atoms with Crippen LogP contribution < -0.4 is 5.73 Å². The van der Waals surface area contributed by atoms with Crippen molar-refractivity contribution in [3.05, 3.63) is 24.4 Å². The third-order valence-electron chi connectivity index (χ3n) is 1.13. The topological polar surface area (TPSA) is 55.4 Å². The van der Waals surface area contributed by atoms with Crippen LogP contribution in [0.25, 0.3) is 0 Å². The number of carbonyl (C=O) groups excluding carboxylic acids is 1. The lowest BCUT2D eigenvalue weighted by molar-refractivity contribution is -0.111. The molecule has 0 bridgehead atoms. The molecule has 0 saturated carbocycles. The van der Waals surface area contributed by atoms with Gasteiger partial charge in [-0.25, -0.2) is 0 Å². The van der Waals surface area contributed by atoms with Gasteiger partial charge in [-0.2, -0.15) is 0 Å². The highest BCUT2D eigenvalue weighted by molar-refractivity contribution is 6.42. The molecule has 1 amide bonds. The summed E-state index contributed by atoms with van der Waals surface area (Å²) in [6.07, 6.45) is 7.61. The number of allylic oxidation sites excluding steroid dienone is 2. The summed E-state index contributed by atoms with van der Waals surface area (Å²) in [5, 5.41) is 0. The van der Waals surface area contributed by atoms with Crippen LogP contribution in [0.15, 0.2) is 29.4 Å². The van der Waals surface area contributed by atoms with Crippen LogP contribution in [0, 0.1) is 0 Å². The van der Waals surface area contributed by atoms with E-state index in [4.69, 9.17) is 5.73 Å². The highest BCUT2D eigenvalue weighted by atomic mass is 16.1. The van der Waals surface area contributed by atoms with E-state index in [-0.39, 0.29) is 5.71 Å². The number of hydrogen-bond acceptors (Lipinski definition) is 2. The van der Waals surface area contributed by atoms with Gasteiger partial charge in [-0.3, -0.25) is 9.79 Å². The summed E-state index contributed by atoms with van der Waals surface area (Å²) in [6, 6.07) is 0. The lowest BCUT2D eigenvalue weighted by atomic mass is 10.3. The number of aliphatic imine (C=N–C) groups is 1. The molecule has 0 aromatic rings. The Bertz CT molecular complexity index is 227. The van der Waals surface area contributed by atoms with Gasteiger partial charge >= 0.3 is 0 Å². The summed E-state index contributed by atoms with van der Waals surface area (Å²) in [7, 11) is 0. The van der Waals surface area contributed by atoms with E-state index in [0.717, 1.165) is 6.42 Å². The Morgan fingerprint density at radius 2 is 2.25 bits per heavy atom. The number of hydrogen-bond donors (Lipinski definition) is 1. The van der Waals surface area contributed by atoms with Crippen LogP contribution in [0.1, 0.15) is 20.3 Å². The minimum Gasteiger partial charge on any atom is -0.364 e. The quantitative estimate of drug-likeness (QED) is 0.631. The summed E-state index contributed by atoms with van der Waals surface area (Å²) in [5.74, 6) is -0.502. The molecule has 0 radical (unpaired) electrons.